The summed E-state index contributed by atoms with van der Waals surface area (Å²) in [6, 6.07) is 18.5. The van der Waals surface area contributed by atoms with Gasteiger partial charge in [0.1, 0.15) is 10.3 Å². The van der Waals surface area contributed by atoms with Gasteiger partial charge < -0.3 is 4.90 Å². The molecule has 6 nitrogen and oxygen atoms in total. The number of hydrogen-bond acceptors (Lipinski definition) is 5. The topological polar surface area (TPSA) is 69.7 Å². The third kappa shape index (κ3) is 5.95. The molecule has 35 heavy (non-hydrogen) atoms. The maximum absolute atomic E-state index is 13.4. The second kappa shape index (κ2) is 11.2. The molecule has 0 radical (unpaired) electrons. The fourth-order valence-corrected chi connectivity index (χ4v) is 7.12. The molecule has 0 spiro atoms. The average Bonchev–Trinajstić information content (AvgIpc) is 3.31. The van der Waals surface area contributed by atoms with Crippen molar-refractivity contribution < 1.29 is 13.2 Å². The lowest BCUT2D eigenvalue weighted by atomic mass is 9.97. The maximum atomic E-state index is 13.4. The Morgan fingerprint density at radius 1 is 1.09 bits per heavy atom. The molecule has 4 rings (SSSR count). The van der Waals surface area contributed by atoms with Gasteiger partial charge in [-0.1, -0.05) is 61.8 Å². The van der Waals surface area contributed by atoms with Gasteiger partial charge in [-0.15, -0.1) is 11.3 Å². The van der Waals surface area contributed by atoms with Gasteiger partial charge in [0.25, 0.3) is 10.0 Å². The van der Waals surface area contributed by atoms with Crippen LogP contribution in [0.25, 0.3) is 11.1 Å². The number of carbonyl (C=O) groups excluding carboxylic acids is 1. The number of hydrogen-bond donors (Lipinski definition) is 1. The van der Waals surface area contributed by atoms with Crippen LogP contribution >= 0.6 is 22.9 Å². The van der Waals surface area contributed by atoms with Crippen LogP contribution < -0.4 is 9.62 Å². The van der Waals surface area contributed by atoms with E-state index in [1.807, 2.05) is 24.3 Å². The predicted molar refractivity (Wildman–Crippen MR) is 144 cm³/mol. The summed E-state index contributed by atoms with van der Waals surface area (Å²) in [5.41, 5.74) is 4.20. The molecule has 3 aromatic rings. The minimum atomic E-state index is -3.82. The fourth-order valence-electron chi connectivity index (χ4n) is 4.39. The Morgan fingerprint density at radius 2 is 1.83 bits per heavy atom. The van der Waals surface area contributed by atoms with Crippen LogP contribution in [0, 0.1) is 0 Å². The second-order valence-corrected chi connectivity index (χ2v) is 12.2. The average molecular weight is 532 g/mol. The van der Waals surface area contributed by atoms with Crippen LogP contribution in [0.15, 0.2) is 64.9 Å². The van der Waals surface area contributed by atoms with E-state index in [1.54, 1.807) is 11.0 Å². The van der Waals surface area contributed by atoms with Gasteiger partial charge in [-0.3, -0.25) is 9.69 Å². The summed E-state index contributed by atoms with van der Waals surface area (Å²) >= 11 is 6.90. The van der Waals surface area contributed by atoms with Gasteiger partial charge in [0.15, 0.2) is 0 Å². The lowest BCUT2D eigenvalue weighted by molar-refractivity contribution is -0.121. The normalized spacial score (nSPS) is 16.7. The molecule has 2 heterocycles. The van der Waals surface area contributed by atoms with Crippen LogP contribution in [0.4, 0.5) is 5.69 Å². The van der Waals surface area contributed by atoms with E-state index < -0.39 is 16.1 Å². The van der Waals surface area contributed by atoms with Gasteiger partial charge in [0.2, 0.25) is 5.91 Å². The summed E-state index contributed by atoms with van der Waals surface area (Å²) in [5, 5.41) is 0. The summed E-state index contributed by atoms with van der Waals surface area (Å²) in [7, 11) is -3.82. The van der Waals surface area contributed by atoms with Gasteiger partial charge in [0.05, 0.1) is 4.34 Å². The molecule has 1 N–H and O–H groups in total. The number of halogens is 1. The predicted octanol–water partition coefficient (Wildman–Crippen LogP) is 5.38. The fraction of sp³-hybridized carbons (Fsp3) is 0.346. The molecule has 1 fully saturated rings. The van der Waals surface area contributed by atoms with Crippen molar-refractivity contribution in [3.63, 3.8) is 0 Å². The first-order chi connectivity index (χ1) is 16.8. The quantitative estimate of drug-likeness (QED) is 0.402. The van der Waals surface area contributed by atoms with E-state index in [1.165, 1.54) is 6.07 Å². The van der Waals surface area contributed by atoms with Gasteiger partial charge in [0, 0.05) is 18.8 Å². The molecule has 0 saturated carbocycles. The van der Waals surface area contributed by atoms with E-state index in [2.05, 4.69) is 47.7 Å². The number of piperidine rings is 1. The number of anilines is 1. The SMILES string of the molecule is CCN(CC)Cc1cc(N2CCCC(NS(=O)(=O)c3ccc(Cl)s3)C2=O)ccc1-c1ccccc1. The molecule has 1 saturated heterocycles. The van der Waals surface area contributed by atoms with Crippen molar-refractivity contribution in [3.05, 3.63) is 70.6 Å². The lowest BCUT2D eigenvalue weighted by Crippen LogP contribution is -2.52. The van der Waals surface area contributed by atoms with Crippen LogP contribution in [0.1, 0.15) is 32.3 Å². The minimum Gasteiger partial charge on any atom is -0.311 e. The van der Waals surface area contributed by atoms with E-state index in [0.29, 0.717) is 23.7 Å². The largest absolute Gasteiger partial charge is 0.311 e. The van der Waals surface area contributed by atoms with E-state index >= 15 is 0 Å². The molecular formula is C26H30ClN3O3S2. The zero-order valence-electron chi connectivity index (χ0n) is 19.9. The number of thiophene rings is 1. The Bertz CT molecular complexity index is 1270. The summed E-state index contributed by atoms with van der Waals surface area (Å²) in [5.74, 6) is -0.233. The number of nitrogens with zero attached hydrogens (tertiary/aromatic N) is 2. The van der Waals surface area contributed by atoms with Crippen molar-refractivity contribution in [3.8, 4) is 11.1 Å². The highest BCUT2D eigenvalue weighted by atomic mass is 35.5. The molecule has 1 amide bonds. The summed E-state index contributed by atoms with van der Waals surface area (Å²) in [6.45, 7) is 7.45. The van der Waals surface area contributed by atoms with Crippen molar-refractivity contribution in [2.24, 2.45) is 0 Å². The first-order valence-electron chi connectivity index (χ1n) is 11.8. The minimum absolute atomic E-state index is 0.112. The highest BCUT2D eigenvalue weighted by Gasteiger charge is 2.34. The van der Waals surface area contributed by atoms with Crippen LogP contribution in [-0.2, 0) is 21.4 Å². The van der Waals surface area contributed by atoms with Gasteiger partial charge in [-0.2, -0.15) is 4.72 Å². The zero-order chi connectivity index (χ0) is 25.0. The van der Waals surface area contributed by atoms with Crippen molar-refractivity contribution in [2.45, 2.75) is 43.5 Å². The zero-order valence-corrected chi connectivity index (χ0v) is 22.3. The number of carbonyl (C=O) groups is 1. The molecule has 1 aliphatic rings. The van der Waals surface area contributed by atoms with Gasteiger partial charge in [-0.25, -0.2) is 8.42 Å². The van der Waals surface area contributed by atoms with Crippen LogP contribution in [0.3, 0.4) is 0 Å². The molecule has 2 aromatic carbocycles. The highest BCUT2D eigenvalue weighted by Crippen LogP contribution is 2.31. The Morgan fingerprint density at radius 3 is 2.49 bits per heavy atom. The third-order valence-corrected chi connectivity index (χ3v) is 9.52. The van der Waals surface area contributed by atoms with E-state index in [9.17, 15) is 13.2 Å². The third-order valence-electron chi connectivity index (χ3n) is 6.32. The molecule has 1 atom stereocenters. The van der Waals surface area contributed by atoms with Gasteiger partial charge >= 0.3 is 0 Å². The van der Waals surface area contributed by atoms with Crippen molar-refractivity contribution in [1.29, 1.82) is 0 Å². The number of sulfonamides is 1. The molecule has 0 bridgehead atoms. The van der Waals surface area contributed by atoms with E-state index in [-0.39, 0.29) is 10.1 Å². The molecule has 1 unspecified atom stereocenters. The van der Waals surface area contributed by atoms with Crippen LogP contribution in [0.5, 0.6) is 0 Å². The number of benzene rings is 2. The van der Waals surface area contributed by atoms with Crippen molar-refractivity contribution >= 4 is 44.6 Å². The number of amides is 1. The molecule has 9 heteroatoms. The monoisotopic (exact) mass is 531 g/mol. The van der Waals surface area contributed by atoms with Crippen molar-refractivity contribution in [2.75, 3.05) is 24.5 Å². The Kier molecular flexibility index (Phi) is 8.29. The highest BCUT2D eigenvalue weighted by molar-refractivity contribution is 7.91. The van der Waals surface area contributed by atoms with Crippen LogP contribution in [0.2, 0.25) is 4.34 Å². The first-order valence-corrected chi connectivity index (χ1v) is 14.5. The van der Waals surface area contributed by atoms with E-state index in [4.69, 9.17) is 11.6 Å². The van der Waals surface area contributed by atoms with Crippen molar-refractivity contribution in [1.82, 2.24) is 9.62 Å². The Labute approximate surface area is 216 Å². The number of nitrogens with one attached hydrogen (secondary N) is 1. The molecule has 1 aliphatic heterocycles. The number of rotatable bonds is 9. The van der Waals surface area contributed by atoms with E-state index in [0.717, 1.165) is 53.3 Å². The smallest absolute Gasteiger partial charge is 0.250 e. The van der Waals surface area contributed by atoms with Gasteiger partial charge in [-0.05, 0) is 66.9 Å². The first kappa shape index (κ1) is 25.9. The maximum Gasteiger partial charge on any atom is 0.250 e. The molecule has 186 valence electrons. The summed E-state index contributed by atoms with van der Waals surface area (Å²) in [4.78, 5) is 17.5. The Hall–Kier alpha value is -2.23. The molecule has 0 aliphatic carbocycles. The summed E-state index contributed by atoms with van der Waals surface area (Å²) < 4.78 is 28.7. The Balaban J connectivity index is 1.62. The molecule has 1 aromatic heterocycles. The molecular weight excluding hydrogens is 502 g/mol. The second-order valence-electron chi connectivity index (χ2n) is 8.53. The summed E-state index contributed by atoms with van der Waals surface area (Å²) in [6.07, 6.45) is 1.16. The van der Waals surface area contributed by atoms with Crippen LogP contribution in [-0.4, -0.2) is 44.9 Å². The standard InChI is InChI=1S/C26H30ClN3O3S2/c1-3-29(4-2)18-20-17-21(12-13-22(20)19-9-6-5-7-10-19)30-16-8-11-23(26(30)31)28-35(32,33)25-15-14-24(27)34-25/h5-7,9-10,12-15,17,23,28H,3-4,8,11,16,18H2,1-2H3. The lowest BCUT2D eigenvalue weighted by Gasteiger charge is -2.33.